The van der Waals surface area contributed by atoms with E-state index >= 15 is 0 Å². The van der Waals surface area contributed by atoms with Gasteiger partial charge in [-0.25, -0.2) is 9.08 Å². The van der Waals surface area contributed by atoms with Crippen molar-refractivity contribution in [3.8, 4) is 23.0 Å². The van der Waals surface area contributed by atoms with E-state index in [2.05, 4.69) is 14.8 Å². The number of hydrogen-bond donors (Lipinski definition) is 1. The summed E-state index contributed by atoms with van der Waals surface area (Å²) in [6, 6.07) is 6.78. The summed E-state index contributed by atoms with van der Waals surface area (Å²) in [5, 5.41) is 17.3. The number of nitro groups is 1. The van der Waals surface area contributed by atoms with Crippen LogP contribution in [0.1, 0.15) is 32.3 Å². The third-order valence-corrected chi connectivity index (χ3v) is 5.69. The van der Waals surface area contributed by atoms with Crippen LogP contribution in [0.4, 0.5) is 16.2 Å². The van der Waals surface area contributed by atoms with Crippen molar-refractivity contribution >= 4 is 34.1 Å². The molecule has 0 saturated heterocycles. The summed E-state index contributed by atoms with van der Waals surface area (Å²) in [6.07, 6.45) is 1.04. The molecule has 0 aromatic heterocycles. The highest BCUT2D eigenvalue weighted by molar-refractivity contribution is 7.82. The lowest BCUT2D eigenvalue weighted by atomic mass is 9.94. The van der Waals surface area contributed by atoms with Gasteiger partial charge in [-0.3, -0.25) is 15.4 Å². The Labute approximate surface area is 212 Å². The van der Waals surface area contributed by atoms with Gasteiger partial charge in [0, 0.05) is 23.9 Å². The molecule has 1 heterocycles. The van der Waals surface area contributed by atoms with E-state index < -0.39 is 27.0 Å². The van der Waals surface area contributed by atoms with Crippen LogP contribution in [0.25, 0.3) is 0 Å². The number of amides is 1. The number of anilines is 1. The molecule has 0 unspecified atom stereocenters. The van der Waals surface area contributed by atoms with Crippen LogP contribution >= 0.6 is 0 Å². The van der Waals surface area contributed by atoms with Gasteiger partial charge in [0.15, 0.2) is 17.2 Å². The van der Waals surface area contributed by atoms with Gasteiger partial charge in [0.25, 0.3) is 0 Å². The van der Waals surface area contributed by atoms with Crippen molar-refractivity contribution in [2.24, 2.45) is 5.16 Å². The maximum Gasteiger partial charge on any atom is 0.521 e. The lowest BCUT2D eigenvalue weighted by molar-refractivity contribution is -0.385. The maximum absolute atomic E-state index is 12.0. The number of benzene rings is 2. The van der Waals surface area contributed by atoms with Crippen LogP contribution in [0.3, 0.4) is 0 Å². The molecule has 2 aromatic rings. The summed E-state index contributed by atoms with van der Waals surface area (Å²) in [7, 11) is -1.68. The molecule has 0 saturated carbocycles. The van der Waals surface area contributed by atoms with Crippen molar-refractivity contribution in [2.45, 2.75) is 32.3 Å². The van der Waals surface area contributed by atoms with Crippen LogP contribution in [0.15, 0.2) is 35.5 Å². The fraction of sp³-hybridized carbons (Fsp3) is 0.364. The zero-order valence-corrected chi connectivity index (χ0v) is 21.2. The molecule has 0 fully saturated rings. The molecular formula is C22H25N3O11S. The topological polar surface area (TPSA) is 174 Å². The van der Waals surface area contributed by atoms with Crippen LogP contribution in [0.5, 0.6) is 23.0 Å². The van der Waals surface area contributed by atoms with Crippen molar-refractivity contribution in [3.63, 3.8) is 0 Å². The number of rotatable bonds is 12. The summed E-state index contributed by atoms with van der Waals surface area (Å²) in [4.78, 5) is 22.6. The Morgan fingerprint density at radius 3 is 2.54 bits per heavy atom. The van der Waals surface area contributed by atoms with E-state index in [1.165, 1.54) is 50.8 Å². The molecule has 0 spiro atoms. The van der Waals surface area contributed by atoms with Crippen LogP contribution in [0, 0.1) is 10.1 Å². The molecule has 1 aliphatic rings. The molecular weight excluding hydrogens is 514 g/mol. The van der Waals surface area contributed by atoms with Gasteiger partial charge in [-0.05, 0) is 44.9 Å². The first kappa shape index (κ1) is 27.3. The second-order valence-corrected chi connectivity index (χ2v) is 9.14. The Kier molecular flexibility index (Phi) is 8.27. The monoisotopic (exact) mass is 539 g/mol. The number of carbonyl (C=O) groups excluding carboxylic acids is 1. The Hall–Kier alpha value is -4.27. The number of nitrogens with one attached hydrogen (secondary N) is 1. The van der Waals surface area contributed by atoms with Gasteiger partial charge in [0.2, 0.25) is 0 Å². The first-order valence-electron chi connectivity index (χ1n) is 10.8. The highest BCUT2D eigenvalue weighted by atomic mass is 32.3. The minimum Gasteiger partial charge on any atom is -0.493 e. The molecule has 14 nitrogen and oxygen atoms in total. The van der Waals surface area contributed by atoms with E-state index in [4.69, 9.17) is 23.1 Å². The number of unbranched alkanes of at least 4 members (excludes halogenated alkanes) is 1. The maximum atomic E-state index is 12.0. The Morgan fingerprint density at radius 2 is 1.86 bits per heavy atom. The number of ether oxygens (including phenoxy) is 4. The number of oxime groups is 1. The third-order valence-electron chi connectivity index (χ3n) is 5.03. The molecule has 1 N–H and O–H groups in total. The van der Waals surface area contributed by atoms with Crippen LogP contribution < -0.4 is 23.7 Å². The molecule has 1 amide bonds. The molecule has 2 aromatic carbocycles. The number of nitrogens with zero attached hydrogens (tertiary/aromatic N) is 2. The van der Waals surface area contributed by atoms with E-state index in [0.717, 1.165) is 0 Å². The molecule has 37 heavy (non-hydrogen) atoms. The first-order chi connectivity index (χ1) is 17.5. The SMILES string of the molecule is COc1ccc(OS(=O)(=O)ON=CCCCOc2cc3c(cc2[N+](=O)[O-])NC(=O)OC3(C)C)cc1OC. The molecule has 0 radical (unpaired) electrons. The van der Waals surface area contributed by atoms with E-state index in [1.807, 2.05) is 0 Å². The van der Waals surface area contributed by atoms with Crippen LogP contribution in [-0.2, 0) is 25.0 Å². The number of hydrogen-bond acceptors (Lipinski definition) is 12. The molecule has 1 aliphatic heterocycles. The summed E-state index contributed by atoms with van der Waals surface area (Å²) in [6.45, 7) is 3.35. The predicted octanol–water partition coefficient (Wildman–Crippen LogP) is 3.89. The lowest BCUT2D eigenvalue weighted by Crippen LogP contribution is -2.34. The summed E-state index contributed by atoms with van der Waals surface area (Å²) in [5.74, 6) is 0.577. The van der Waals surface area contributed by atoms with Crippen molar-refractivity contribution in [1.82, 2.24) is 0 Å². The van der Waals surface area contributed by atoms with Gasteiger partial charge in [-0.1, -0.05) is 5.16 Å². The number of fused-ring (bicyclic) bond motifs is 1. The lowest BCUT2D eigenvalue weighted by Gasteiger charge is -2.32. The fourth-order valence-electron chi connectivity index (χ4n) is 3.34. The highest BCUT2D eigenvalue weighted by Crippen LogP contribution is 2.42. The second kappa shape index (κ2) is 11.2. The number of cyclic esters (lactones) is 1. The molecule has 200 valence electrons. The molecule has 0 atom stereocenters. The van der Waals surface area contributed by atoms with Gasteiger partial charge in [-0.15, -0.1) is 8.42 Å². The number of carbonyl (C=O) groups is 1. The Bertz CT molecular complexity index is 1310. The van der Waals surface area contributed by atoms with Crippen molar-refractivity contribution in [3.05, 3.63) is 46.0 Å². The van der Waals surface area contributed by atoms with Crippen LogP contribution in [0.2, 0.25) is 0 Å². The van der Waals surface area contributed by atoms with Crippen molar-refractivity contribution in [1.29, 1.82) is 0 Å². The average Bonchev–Trinajstić information content (AvgIpc) is 2.82. The summed E-state index contributed by atoms with van der Waals surface area (Å²) >= 11 is 0. The molecule has 15 heteroatoms. The number of methoxy groups -OCH3 is 2. The minimum absolute atomic E-state index is 0.00402. The highest BCUT2D eigenvalue weighted by Gasteiger charge is 2.36. The zero-order valence-electron chi connectivity index (χ0n) is 20.4. The standard InChI is InChI=1S/C22H25N3O11S/c1-22(2)15-12-19(17(25(27)28)13-16(15)24-21(26)34-22)33-10-6-5-9-23-36-37(29,30)35-14-7-8-18(31-3)20(11-14)32-4/h7-9,11-13H,5-6,10H2,1-4H3,(H,24,26). The van der Waals surface area contributed by atoms with Gasteiger partial charge < -0.3 is 23.1 Å². The third kappa shape index (κ3) is 6.91. The van der Waals surface area contributed by atoms with Gasteiger partial charge in [0.05, 0.1) is 31.4 Å². The molecule has 0 bridgehead atoms. The van der Waals surface area contributed by atoms with Crippen LogP contribution in [-0.4, -0.2) is 46.5 Å². The summed E-state index contributed by atoms with van der Waals surface area (Å²) < 4.78 is 54.1. The molecule has 3 rings (SSSR count). The fourth-order valence-corrected chi connectivity index (χ4v) is 3.88. The van der Waals surface area contributed by atoms with Crippen molar-refractivity contribution in [2.75, 3.05) is 26.1 Å². The van der Waals surface area contributed by atoms with Gasteiger partial charge in [0.1, 0.15) is 11.4 Å². The average molecular weight is 540 g/mol. The van der Waals surface area contributed by atoms with E-state index in [0.29, 0.717) is 17.7 Å². The Balaban J connectivity index is 1.53. The second-order valence-electron chi connectivity index (χ2n) is 8.01. The first-order valence-corrected chi connectivity index (χ1v) is 12.1. The number of nitro benzene ring substituents is 1. The Morgan fingerprint density at radius 1 is 1.14 bits per heavy atom. The van der Waals surface area contributed by atoms with E-state index in [-0.39, 0.29) is 41.7 Å². The smallest absolute Gasteiger partial charge is 0.493 e. The van der Waals surface area contributed by atoms with Gasteiger partial charge in [-0.2, -0.15) is 0 Å². The van der Waals surface area contributed by atoms with Crippen molar-refractivity contribution < 1.29 is 45.5 Å². The largest absolute Gasteiger partial charge is 0.521 e. The van der Waals surface area contributed by atoms with E-state index in [1.54, 1.807) is 13.8 Å². The minimum atomic E-state index is -4.50. The van der Waals surface area contributed by atoms with E-state index in [9.17, 15) is 23.3 Å². The summed E-state index contributed by atoms with van der Waals surface area (Å²) in [5.41, 5.74) is -0.560. The zero-order chi connectivity index (χ0) is 27.2. The predicted molar refractivity (Wildman–Crippen MR) is 130 cm³/mol. The molecule has 0 aliphatic carbocycles. The normalized spacial score (nSPS) is 14.2. The quantitative estimate of drug-likeness (QED) is 0.179. The van der Waals surface area contributed by atoms with Gasteiger partial charge >= 0.3 is 22.2 Å².